The maximum atomic E-state index is 4.48. The van der Waals surface area contributed by atoms with Gasteiger partial charge in [-0.15, -0.1) is 11.3 Å². The van der Waals surface area contributed by atoms with Crippen molar-refractivity contribution in [2.45, 2.75) is 26.8 Å². The van der Waals surface area contributed by atoms with Gasteiger partial charge in [0.25, 0.3) is 0 Å². The van der Waals surface area contributed by atoms with Crippen LogP contribution in [0.25, 0.3) is 11.2 Å². The van der Waals surface area contributed by atoms with Crippen molar-refractivity contribution in [3.05, 3.63) is 22.4 Å². The molecule has 3 aromatic rings. The number of hydrogen-bond donors (Lipinski definition) is 3. The van der Waals surface area contributed by atoms with E-state index >= 15 is 0 Å². The van der Waals surface area contributed by atoms with E-state index in [0.717, 1.165) is 29.3 Å². The number of imidazole rings is 1. The van der Waals surface area contributed by atoms with E-state index in [1.54, 1.807) is 17.7 Å². The minimum absolute atomic E-state index is 0.577. The van der Waals surface area contributed by atoms with Crippen LogP contribution in [-0.4, -0.2) is 31.5 Å². The summed E-state index contributed by atoms with van der Waals surface area (Å²) < 4.78 is 0. The van der Waals surface area contributed by atoms with Crippen LogP contribution in [0.4, 0.5) is 11.8 Å². The lowest BCUT2D eigenvalue weighted by molar-refractivity contribution is 1.05. The van der Waals surface area contributed by atoms with E-state index in [1.165, 1.54) is 4.88 Å². The lowest BCUT2D eigenvalue weighted by atomic mass is 10.4. The van der Waals surface area contributed by atoms with E-state index in [4.69, 9.17) is 0 Å². The summed E-state index contributed by atoms with van der Waals surface area (Å²) in [7, 11) is 0. The third-order valence-electron chi connectivity index (χ3n) is 2.98. The Bertz CT molecular complexity index is 733. The number of aromatic nitrogens is 5. The summed E-state index contributed by atoms with van der Waals surface area (Å²) >= 11 is 1.72. The second-order valence-electron chi connectivity index (χ2n) is 4.45. The van der Waals surface area contributed by atoms with Crippen LogP contribution in [0.3, 0.4) is 0 Å². The molecule has 0 saturated carbocycles. The third-order valence-corrected chi connectivity index (χ3v) is 4.12. The number of nitrogens with one attached hydrogen (secondary N) is 3. The number of aromatic amines is 1. The Kier molecular flexibility index (Phi) is 3.96. The van der Waals surface area contributed by atoms with Crippen molar-refractivity contribution >= 4 is 34.3 Å². The SMILES string of the molecule is CCNc1nc(NCc2ncc(CC)s2)c2[nH]cnc2n1. The Labute approximate surface area is 126 Å². The summed E-state index contributed by atoms with van der Waals surface area (Å²) in [4.78, 5) is 21.8. The molecule has 7 nitrogen and oxygen atoms in total. The molecule has 0 saturated heterocycles. The van der Waals surface area contributed by atoms with Gasteiger partial charge in [-0.25, -0.2) is 9.97 Å². The molecule has 0 aliphatic rings. The molecule has 0 atom stereocenters. The van der Waals surface area contributed by atoms with Gasteiger partial charge in [0.2, 0.25) is 5.95 Å². The summed E-state index contributed by atoms with van der Waals surface area (Å²) in [5.74, 6) is 1.31. The highest BCUT2D eigenvalue weighted by atomic mass is 32.1. The minimum Gasteiger partial charge on any atom is -0.362 e. The molecular formula is C13H17N7S. The van der Waals surface area contributed by atoms with Crippen molar-refractivity contribution in [2.24, 2.45) is 0 Å². The zero-order valence-corrected chi connectivity index (χ0v) is 12.8. The van der Waals surface area contributed by atoms with Gasteiger partial charge in [-0.3, -0.25) is 0 Å². The average molecular weight is 303 g/mol. The van der Waals surface area contributed by atoms with Crippen LogP contribution in [0.1, 0.15) is 23.7 Å². The zero-order chi connectivity index (χ0) is 14.7. The molecule has 0 amide bonds. The highest BCUT2D eigenvalue weighted by molar-refractivity contribution is 7.11. The van der Waals surface area contributed by atoms with Crippen LogP contribution in [0.2, 0.25) is 0 Å². The average Bonchev–Trinajstić information content (AvgIpc) is 3.13. The lowest BCUT2D eigenvalue weighted by Gasteiger charge is -2.07. The normalized spacial score (nSPS) is 11.0. The fourth-order valence-corrected chi connectivity index (χ4v) is 2.75. The molecular weight excluding hydrogens is 286 g/mol. The topological polar surface area (TPSA) is 91.4 Å². The van der Waals surface area contributed by atoms with Crippen LogP contribution < -0.4 is 10.6 Å². The van der Waals surface area contributed by atoms with Crippen LogP contribution in [0.15, 0.2) is 12.5 Å². The first kappa shape index (κ1) is 13.7. The molecule has 0 aliphatic heterocycles. The molecule has 3 heterocycles. The second kappa shape index (κ2) is 6.04. The molecule has 0 aliphatic carbocycles. The quantitative estimate of drug-likeness (QED) is 0.648. The Morgan fingerprint density at radius 2 is 2.10 bits per heavy atom. The minimum atomic E-state index is 0.577. The van der Waals surface area contributed by atoms with Crippen LogP contribution in [0, 0.1) is 0 Å². The molecule has 3 N–H and O–H groups in total. The van der Waals surface area contributed by atoms with Crippen LogP contribution in [0.5, 0.6) is 0 Å². The van der Waals surface area contributed by atoms with E-state index in [9.17, 15) is 0 Å². The Morgan fingerprint density at radius 3 is 2.86 bits per heavy atom. The molecule has 0 aromatic carbocycles. The number of nitrogens with zero attached hydrogens (tertiary/aromatic N) is 4. The number of H-pyrrole nitrogens is 1. The van der Waals surface area contributed by atoms with Gasteiger partial charge < -0.3 is 15.6 Å². The maximum absolute atomic E-state index is 4.48. The van der Waals surface area contributed by atoms with Gasteiger partial charge in [0.05, 0.1) is 12.9 Å². The van der Waals surface area contributed by atoms with Gasteiger partial charge in [0.15, 0.2) is 11.5 Å². The highest BCUT2D eigenvalue weighted by Crippen LogP contribution is 2.20. The smallest absolute Gasteiger partial charge is 0.226 e. The van der Waals surface area contributed by atoms with E-state index < -0.39 is 0 Å². The van der Waals surface area contributed by atoms with Crippen LogP contribution in [-0.2, 0) is 13.0 Å². The first-order valence-electron chi connectivity index (χ1n) is 6.92. The van der Waals surface area contributed by atoms with Crippen molar-refractivity contribution in [3.63, 3.8) is 0 Å². The summed E-state index contributed by atoms with van der Waals surface area (Å²) in [6, 6.07) is 0. The first-order valence-corrected chi connectivity index (χ1v) is 7.74. The molecule has 0 fully saturated rings. The first-order chi connectivity index (χ1) is 10.3. The van der Waals surface area contributed by atoms with E-state index in [2.05, 4.69) is 42.5 Å². The molecule has 3 aromatic heterocycles. The molecule has 8 heteroatoms. The summed E-state index contributed by atoms with van der Waals surface area (Å²) in [6.45, 7) is 5.54. The van der Waals surface area contributed by atoms with Gasteiger partial charge in [-0.05, 0) is 13.3 Å². The van der Waals surface area contributed by atoms with E-state index in [0.29, 0.717) is 18.1 Å². The molecule has 3 rings (SSSR count). The monoisotopic (exact) mass is 303 g/mol. The Balaban J connectivity index is 1.83. The van der Waals surface area contributed by atoms with Crippen LogP contribution >= 0.6 is 11.3 Å². The molecule has 110 valence electrons. The van der Waals surface area contributed by atoms with Gasteiger partial charge in [-0.1, -0.05) is 6.92 Å². The zero-order valence-electron chi connectivity index (χ0n) is 12.0. The van der Waals surface area contributed by atoms with Crippen molar-refractivity contribution in [1.82, 2.24) is 24.9 Å². The number of thiazole rings is 1. The van der Waals surface area contributed by atoms with Crippen molar-refractivity contribution in [2.75, 3.05) is 17.2 Å². The Hall–Kier alpha value is -2.22. The fourth-order valence-electron chi connectivity index (χ4n) is 1.95. The predicted octanol–water partition coefficient (Wildman–Crippen LogP) is 2.42. The summed E-state index contributed by atoms with van der Waals surface area (Å²) in [6.07, 6.45) is 4.57. The second-order valence-corrected chi connectivity index (χ2v) is 5.65. The molecule has 0 radical (unpaired) electrons. The van der Waals surface area contributed by atoms with E-state index in [-0.39, 0.29) is 0 Å². The summed E-state index contributed by atoms with van der Waals surface area (Å²) in [5, 5.41) is 7.47. The van der Waals surface area contributed by atoms with E-state index in [1.807, 2.05) is 13.1 Å². The predicted molar refractivity (Wildman–Crippen MR) is 84.7 cm³/mol. The summed E-state index contributed by atoms with van der Waals surface area (Å²) in [5.41, 5.74) is 1.46. The molecule has 0 unspecified atom stereocenters. The maximum Gasteiger partial charge on any atom is 0.226 e. The molecule has 21 heavy (non-hydrogen) atoms. The van der Waals surface area contributed by atoms with Crippen molar-refractivity contribution in [1.29, 1.82) is 0 Å². The van der Waals surface area contributed by atoms with Crippen molar-refractivity contribution in [3.8, 4) is 0 Å². The van der Waals surface area contributed by atoms with Gasteiger partial charge >= 0.3 is 0 Å². The van der Waals surface area contributed by atoms with Gasteiger partial charge in [0, 0.05) is 17.6 Å². The number of anilines is 2. The largest absolute Gasteiger partial charge is 0.362 e. The third kappa shape index (κ3) is 2.94. The fraction of sp³-hybridized carbons (Fsp3) is 0.385. The van der Waals surface area contributed by atoms with Crippen molar-refractivity contribution < 1.29 is 0 Å². The Morgan fingerprint density at radius 1 is 1.19 bits per heavy atom. The molecule has 0 bridgehead atoms. The number of aryl methyl sites for hydroxylation is 1. The number of fused-ring (bicyclic) bond motifs is 1. The highest BCUT2D eigenvalue weighted by Gasteiger charge is 2.10. The van der Waals surface area contributed by atoms with Gasteiger partial charge in [0.1, 0.15) is 10.5 Å². The van der Waals surface area contributed by atoms with Gasteiger partial charge in [-0.2, -0.15) is 9.97 Å². The standard InChI is InChI=1S/C13H17N7S/c1-3-8-5-15-9(21-8)6-16-11-10-12(18-7-17-10)20-13(19-11)14-4-2/h5,7H,3-4,6H2,1-2H3,(H3,14,16,17,18,19,20). The lowest BCUT2D eigenvalue weighted by Crippen LogP contribution is -2.07. The number of rotatable bonds is 6. The molecule has 0 spiro atoms. The number of hydrogen-bond acceptors (Lipinski definition) is 7.